The Hall–Kier alpha value is -5.41. The Bertz CT molecular complexity index is 1660. The van der Waals surface area contributed by atoms with Crippen LogP contribution < -0.4 is 15.4 Å². The van der Waals surface area contributed by atoms with Crippen molar-refractivity contribution in [3.05, 3.63) is 138 Å². The van der Waals surface area contributed by atoms with E-state index in [1.165, 1.54) is 0 Å². The van der Waals surface area contributed by atoms with Crippen LogP contribution in [-0.2, 0) is 36.8 Å². The predicted molar refractivity (Wildman–Crippen MR) is 187 cm³/mol. The van der Waals surface area contributed by atoms with Crippen molar-refractivity contribution in [2.24, 2.45) is 0 Å². The van der Waals surface area contributed by atoms with E-state index < -0.39 is 30.1 Å². The fourth-order valence-electron chi connectivity index (χ4n) is 5.94. The van der Waals surface area contributed by atoms with Crippen molar-refractivity contribution in [1.82, 2.24) is 10.6 Å². The summed E-state index contributed by atoms with van der Waals surface area (Å²) in [6, 6.07) is 32.9. The van der Waals surface area contributed by atoms with E-state index in [4.69, 9.17) is 18.9 Å². The molecule has 0 heterocycles. The number of fused-ring (bicyclic) bond motifs is 3. The van der Waals surface area contributed by atoms with Gasteiger partial charge in [-0.2, -0.15) is 0 Å². The summed E-state index contributed by atoms with van der Waals surface area (Å²) in [6.45, 7) is 6.08. The van der Waals surface area contributed by atoms with Crippen LogP contribution in [0.25, 0.3) is 11.1 Å². The van der Waals surface area contributed by atoms with Crippen LogP contribution in [0, 0.1) is 0 Å². The van der Waals surface area contributed by atoms with Crippen molar-refractivity contribution in [3.8, 4) is 16.9 Å². The minimum Gasteiger partial charge on any atom is -0.489 e. The lowest BCUT2D eigenvalue weighted by Gasteiger charge is -2.28. The van der Waals surface area contributed by atoms with Gasteiger partial charge in [-0.3, -0.25) is 9.59 Å². The van der Waals surface area contributed by atoms with E-state index in [2.05, 4.69) is 29.3 Å². The first-order chi connectivity index (χ1) is 23.9. The van der Waals surface area contributed by atoms with Gasteiger partial charge in [0.2, 0.25) is 5.91 Å². The summed E-state index contributed by atoms with van der Waals surface area (Å²) >= 11 is 0. The average Bonchev–Trinajstić information content (AvgIpc) is 3.45. The Morgan fingerprint density at radius 2 is 1.47 bits per heavy atom. The molecule has 2 amide bonds. The maximum Gasteiger partial charge on any atom is 0.407 e. The molecule has 0 unspecified atom stereocenters. The van der Waals surface area contributed by atoms with Gasteiger partial charge in [-0.05, 0) is 58.9 Å². The van der Waals surface area contributed by atoms with E-state index in [9.17, 15) is 14.4 Å². The first kappa shape index (κ1) is 34.9. The van der Waals surface area contributed by atoms with Crippen LogP contribution in [0.3, 0.4) is 0 Å². The zero-order valence-corrected chi connectivity index (χ0v) is 27.6. The molecule has 2 N–H and O–H groups in total. The second kappa shape index (κ2) is 17.7. The fraction of sp³-hybridized carbons (Fsp3) is 0.275. The SMILES string of the molecule is C=CCO[C@H](CC(=O)OCC)[C@H](Cc1ccc(OCc2ccccc2)cc1)NC(=O)CNC(=O)OCC1c2ccccc2-c2ccccc21. The maximum atomic E-state index is 13.2. The number of esters is 1. The molecule has 5 rings (SSSR count). The third-order valence-corrected chi connectivity index (χ3v) is 8.26. The van der Waals surface area contributed by atoms with E-state index in [1.807, 2.05) is 91.0 Å². The summed E-state index contributed by atoms with van der Waals surface area (Å²) in [5.74, 6) is -0.307. The topological polar surface area (TPSA) is 112 Å². The summed E-state index contributed by atoms with van der Waals surface area (Å²) in [6.07, 6.45) is 0.422. The summed E-state index contributed by atoms with van der Waals surface area (Å²) in [5.41, 5.74) is 6.39. The van der Waals surface area contributed by atoms with Crippen LogP contribution in [-0.4, -0.2) is 56.5 Å². The van der Waals surface area contributed by atoms with Crippen LogP contribution in [0.1, 0.15) is 41.5 Å². The number of ether oxygens (including phenoxy) is 4. The van der Waals surface area contributed by atoms with Crippen LogP contribution in [0.15, 0.2) is 116 Å². The second-order valence-corrected chi connectivity index (χ2v) is 11.6. The molecule has 9 nitrogen and oxygen atoms in total. The molecule has 0 bridgehead atoms. The Morgan fingerprint density at radius 1 is 0.816 bits per heavy atom. The molecule has 4 aromatic rings. The minimum absolute atomic E-state index is 0.0787. The van der Waals surface area contributed by atoms with Crippen LogP contribution in [0.4, 0.5) is 4.79 Å². The molecular weight excluding hydrogens is 620 g/mol. The van der Waals surface area contributed by atoms with Crippen LogP contribution >= 0.6 is 0 Å². The molecule has 0 saturated carbocycles. The number of rotatable bonds is 17. The molecule has 0 aliphatic heterocycles. The lowest BCUT2D eigenvalue weighted by Crippen LogP contribution is -2.50. The number of hydrogen-bond donors (Lipinski definition) is 2. The number of benzene rings is 4. The number of carbonyl (C=O) groups excluding carboxylic acids is 3. The number of nitrogens with one attached hydrogen (secondary N) is 2. The highest BCUT2D eigenvalue weighted by Gasteiger charge is 2.30. The van der Waals surface area contributed by atoms with Crippen molar-refractivity contribution in [1.29, 1.82) is 0 Å². The zero-order chi connectivity index (χ0) is 34.4. The quantitative estimate of drug-likeness (QED) is 0.100. The number of hydrogen-bond acceptors (Lipinski definition) is 7. The first-order valence-electron chi connectivity index (χ1n) is 16.5. The van der Waals surface area contributed by atoms with Gasteiger partial charge in [0.05, 0.1) is 31.8 Å². The molecule has 1 aliphatic carbocycles. The third-order valence-electron chi connectivity index (χ3n) is 8.26. The summed E-state index contributed by atoms with van der Waals surface area (Å²) < 4.78 is 22.7. The zero-order valence-electron chi connectivity index (χ0n) is 27.6. The summed E-state index contributed by atoms with van der Waals surface area (Å²) in [7, 11) is 0. The molecule has 49 heavy (non-hydrogen) atoms. The molecule has 4 aromatic carbocycles. The Morgan fingerprint density at radius 3 is 2.12 bits per heavy atom. The van der Waals surface area contributed by atoms with Crippen molar-refractivity contribution in [3.63, 3.8) is 0 Å². The molecule has 254 valence electrons. The van der Waals surface area contributed by atoms with Crippen molar-refractivity contribution in [2.75, 3.05) is 26.4 Å². The lowest BCUT2D eigenvalue weighted by molar-refractivity contribution is -0.147. The molecule has 0 aromatic heterocycles. The Labute approximate surface area is 287 Å². The Kier molecular flexibility index (Phi) is 12.6. The second-order valence-electron chi connectivity index (χ2n) is 11.6. The number of alkyl carbamates (subject to hydrolysis) is 1. The van der Waals surface area contributed by atoms with E-state index >= 15 is 0 Å². The maximum absolute atomic E-state index is 13.2. The van der Waals surface area contributed by atoms with Gasteiger partial charge in [0.1, 0.15) is 25.5 Å². The van der Waals surface area contributed by atoms with Gasteiger partial charge >= 0.3 is 12.1 Å². The van der Waals surface area contributed by atoms with Gasteiger partial charge < -0.3 is 29.6 Å². The van der Waals surface area contributed by atoms with E-state index in [0.717, 1.165) is 33.4 Å². The normalized spacial score (nSPS) is 12.9. The monoisotopic (exact) mass is 662 g/mol. The standard InChI is InChI=1S/C40H42N2O7/c1-3-22-47-37(24-39(44)46-4-2)36(23-28-18-20-30(21-19-28)48-26-29-12-6-5-7-13-29)42-38(43)25-41-40(45)49-27-35-33-16-10-8-14-31(33)32-15-9-11-17-34(32)35/h3,5-21,35-37H,1,4,22-27H2,2H3,(H,41,45)(H,42,43)/t36-,37+/m0/s1. The molecule has 2 atom stereocenters. The molecule has 9 heteroatoms. The van der Waals surface area contributed by atoms with Gasteiger partial charge in [-0.25, -0.2) is 4.79 Å². The predicted octanol–water partition coefficient (Wildman–Crippen LogP) is 6.36. The molecule has 0 spiro atoms. The fourth-order valence-corrected chi connectivity index (χ4v) is 5.94. The molecule has 0 fully saturated rings. The molecular formula is C40H42N2O7. The van der Waals surface area contributed by atoms with Gasteiger partial charge in [-0.15, -0.1) is 6.58 Å². The number of carbonyl (C=O) groups is 3. The van der Waals surface area contributed by atoms with E-state index in [0.29, 0.717) is 18.8 Å². The molecule has 0 radical (unpaired) electrons. The smallest absolute Gasteiger partial charge is 0.407 e. The molecule has 0 saturated heterocycles. The number of amides is 2. The molecule has 1 aliphatic rings. The largest absolute Gasteiger partial charge is 0.489 e. The van der Waals surface area contributed by atoms with Crippen molar-refractivity contribution in [2.45, 2.75) is 44.4 Å². The first-order valence-corrected chi connectivity index (χ1v) is 16.5. The van der Waals surface area contributed by atoms with Crippen LogP contribution in [0.2, 0.25) is 0 Å². The van der Waals surface area contributed by atoms with Gasteiger partial charge in [-0.1, -0.05) is 97.1 Å². The van der Waals surface area contributed by atoms with E-state index in [-0.39, 0.29) is 38.7 Å². The van der Waals surface area contributed by atoms with E-state index in [1.54, 1.807) is 13.0 Å². The highest BCUT2D eigenvalue weighted by atomic mass is 16.5. The van der Waals surface area contributed by atoms with Gasteiger partial charge in [0, 0.05) is 5.92 Å². The van der Waals surface area contributed by atoms with Crippen molar-refractivity contribution >= 4 is 18.0 Å². The lowest BCUT2D eigenvalue weighted by atomic mass is 9.98. The Balaban J connectivity index is 1.20. The van der Waals surface area contributed by atoms with Crippen LogP contribution in [0.5, 0.6) is 5.75 Å². The average molecular weight is 663 g/mol. The highest BCUT2D eigenvalue weighted by Crippen LogP contribution is 2.44. The minimum atomic E-state index is -0.718. The van der Waals surface area contributed by atoms with Crippen molar-refractivity contribution < 1.29 is 33.3 Å². The third kappa shape index (κ3) is 9.81. The summed E-state index contributed by atoms with van der Waals surface area (Å²) in [5, 5.41) is 5.52. The summed E-state index contributed by atoms with van der Waals surface area (Å²) in [4.78, 5) is 38.5. The van der Waals surface area contributed by atoms with Gasteiger partial charge in [0.25, 0.3) is 0 Å². The van der Waals surface area contributed by atoms with Gasteiger partial charge in [0.15, 0.2) is 0 Å². The highest BCUT2D eigenvalue weighted by molar-refractivity contribution is 5.83.